The zero-order valence-electron chi connectivity index (χ0n) is 13.9. The molecule has 0 unspecified atom stereocenters. The summed E-state index contributed by atoms with van der Waals surface area (Å²) in [4.78, 5) is 34.9. The van der Waals surface area contributed by atoms with Gasteiger partial charge in [-0.15, -0.1) is 0 Å². The lowest BCUT2D eigenvalue weighted by Gasteiger charge is -2.07. The van der Waals surface area contributed by atoms with Crippen LogP contribution in [-0.4, -0.2) is 30.9 Å². The molecular weight excluding hydrogens is 322 g/mol. The zero-order chi connectivity index (χ0) is 18.1. The number of anilines is 1. The number of carbonyl (C=O) groups excluding carboxylic acids is 3. The SMILES string of the molecule is CCC(=O)Nc1ccc(C(=O)COC(=O)COc2ccccc2)cc1. The average molecular weight is 341 g/mol. The van der Waals surface area contributed by atoms with Crippen molar-refractivity contribution in [3.8, 4) is 5.75 Å². The van der Waals surface area contributed by atoms with Gasteiger partial charge in [0.05, 0.1) is 0 Å². The smallest absolute Gasteiger partial charge is 0.344 e. The third kappa shape index (κ3) is 6.10. The summed E-state index contributed by atoms with van der Waals surface area (Å²) in [5.41, 5.74) is 1.00. The van der Waals surface area contributed by atoms with Crippen LogP contribution in [0.2, 0.25) is 0 Å². The minimum absolute atomic E-state index is 0.105. The molecule has 0 spiro atoms. The molecule has 6 heteroatoms. The van der Waals surface area contributed by atoms with Gasteiger partial charge in [0.15, 0.2) is 19.0 Å². The van der Waals surface area contributed by atoms with Crippen LogP contribution in [0.5, 0.6) is 5.75 Å². The lowest BCUT2D eigenvalue weighted by molar-refractivity contribution is -0.144. The molecule has 25 heavy (non-hydrogen) atoms. The largest absolute Gasteiger partial charge is 0.482 e. The lowest BCUT2D eigenvalue weighted by atomic mass is 10.1. The molecule has 0 atom stereocenters. The van der Waals surface area contributed by atoms with E-state index >= 15 is 0 Å². The van der Waals surface area contributed by atoms with Gasteiger partial charge in [0.1, 0.15) is 5.75 Å². The maximum Gasteiger partial charge on any atom is 0.344 e. The fourth-order valence-electron chi connectivity index (χ4n) is 1.92. The van der Waals surface area contributed by atoms with Crippen LogP contribution < -0.4 is 10.1 Å². The molecule has 6 nitrogen and oxygen atoms in total. The van der Waals surface area contributed by atoms with Gasteiger partial charge in [-0.25, -0.2) is 4.79 Å². The van der Waals surface area contributed by atoms with Crippen molar-refractivity contribution in [2.24, 2.45) is 0 Å². The van der Waals surface area contributed by atoms with E-state index in [0.29, 0.717) is 23.4 Å². The summed E-state index contributed by atoms with van der Waals surface area (Å²) in [7, 11) is 0. The molecule has 1 N–H and O–H groups in total. The van der Waals surface area contributed by atoms with Crippen molar-refractivity contribution in [2.45, 2.75) is 13.3 Å². The maximum absolute atomic E-state index is 12.0. The van der Waals surface area contributed by atoms with Gasteiger partial charge in [0, 0.05) is 17.7 Å². The lowest BCUT2D eigenvalue weighted by Crippen LogP contribution is -2.19. The maximum atomic E-state index is 12.0. The summed E-state index contributed by atoms with van der Waals surface area (Å²) in [6.45, 7) is 1.13. The van der Waals surface area contributed by atoms with E-state index in [1.807, 2.05) is 6.07 Å². The first kappa shape index (κ1) is 18.2. The van der Waals surface area contributed by atoms with Crippen LogP contribution in [0.1, 0.15) is 23.7 Å². The van der Waals surface area contributed by atoms with Crippen molar-refractivity contribution in [3.63, 3.8) is 0 Å². The van der Waals surface area contributed by atoms with E-state index in [1.165, 1.54) is 0 Å². The van der Waals surface area contributed by atoms with Crippen LogP contribution >= 0.6 is 0 Å². The molecular formula is C19H19NO5. The second kappa shape index (κ2) is 9.22. The fraction of sp³-hybridized carbons (Fsp3) is 0.211. The minimum atomic E-state index is -0.621. The second-order valence-electron chi connectivity index (χ2n) is 5.16. The third-order valence-electron chi connectivity index (χ3n) is 3.28. The quantitative estimate of drug-likeness (QED) is 0.590. The van der Waals surface area contributed by atoms with Gasteiger partial charge >= 0.3 is 5.97 Å². The molecule has 2 aromatic carbocycles. The van der Waals surface area contributed by atoms with E-state index in [1.54, 1.807) is 55.5 Å². The number of Topliss-reactive ketones (excluding diaryl/α,β-unsaturated/α-hetero) is 1. The Bertz CT molecular complexity index is 725. The predicted octanol–water partition coefficient (Wildman–Crippen LogP) is 2.84. The molecule has 0 radical (unpaired) electrons. The van der Waals surface area contributed by atoms with Gasteiger partial charge in [-0.3, -0.25) is 9.59 Å². The summed E-state index contributed by atoms with van der Waals surface area (Å²) < 4.78 is 10.2. The van der Waals surface area contributed by atoms with Gasteiger partial charge in [0.2, 0.25) is 5.91 Å². The normalized spacial score (nSPS) is 9.96. The molecule has 0 bridgehead atoms. The molecule has 0 aliphatic carbocycles. The minimum Gasteiger partial charge on any atom is -0.482 e. The van der Waals surface area contributed by atoms with Crippen LogP contribution in [0.25, 0.3) is 0 Å². The number of ketones is 1. The first-order valence-electron chi connectivity index (χ1n) is 7.85. The number of esters is 1. The van der Waals surface area contributed by atoms with E-state index in [2.05, 4.69) is 5.32 Å². The Balaban J connectivity index is 1.77. The van der Waals surface area contributed by atoms with Gasteiger partial charge < -0.3 is 14.8 Å². The summed E-state index contributed by atoms with van der Waals surface area (Å²) in [5.74, 6) is -0.507. The molecule has 0 fully saturated rings. The average Bonchev–Trinajstić information content (AvgIpc) is 2.65. The molecule has 0 aliphatic heterocycles. The molecule has 0 heterocycles. The summed E-state index contributed by atoms with van der Waals surface area (Å²) in [6.07, 6.45) is 0.377. The molecule has 2 aromatic rings. The van der Waals surface area contributed by atoms with Crippen molar-refractivity contribution in [1.82, 2.24) is 0 Å². The van der Waals surface area contributed by atoms with E-state index < -0.39 is 5.97 Å². The van der Waals surface area contributed by atoms with Crippen LogP contribution in [0.15, 0.2) is 54.6 Å². The third-order valence-corrected chi connectivity index (χ3v) is 3.28. The number of hydrogen-bond donors (Lipinski definition) is 1. The van der Waals surface area contributed by atoms with Crippen LogP contribution in [0.3, 0.4) is 0 Å². The van der Waals surface area contributed by atoms with E-state index in [4.69, 9.17) is 9.47 Å². The Morgan fingerprint density at radius 3 is 2.24 bits per heavy atom. The topological polar surface area (TPSA) is 81.7 Å². The van der Waals surface area contributed by atoms with Crippen molar-refractivity contribution in [2.75, 3.05) is 18.5 Å². The number of hydrogen-bond acceptors (Lipinski definition) is 5. The van der Waals surface area contributed by atoms with E-state index in [0.717, 1.165) is 0 Å². The number of nitrogens with one attached hydrogen (secondary N) is 1. The second-order valence-corrected chi connectivity index (χ2v) is 5.16. The van der Waals surface area contributed by atoms with Crippen LogP contribution in [0, 0.1) is 0 Å². The standard InChI is InChI=1S/C19H19NO5/c1-2-18(22)20-15-10-8-14(9-11-15)17(21)12-25-19(23)13-24-16-6-4-3-5-7-16/h3-11H,2,12-13H2,1H3,(H,20,22). The Morgan fingerprint density at radius 1 is 0.920 bits per heavy atom. The summed E-state index contributed by atoms with van der Waals surface area (Å²) >= 11 is 0. The summed E-state index contributed by atoms with van der Waals surface area (Å²) in [6, 6.07) is 15.2. The van der Waals surface area contributed by atoms with Crippen molar-refractivity contribution < 1.29 is 23.9 Å². The van der Waals surface area contributed by atoms with Crippen LogP contribution in [-0.2, 0) is 14.3 Å². The Hall–Kier alpha value is -3.15. The molecule has 2 rings (SSSR count). The first-order valence-corrected chi connectivity index (χ1v) is 7.85. The molecule has 1 amide bonds. The predicted molar refractivity (Wildman–Crippen MR) is 92.6 cm³/mol. The Morgan fingerprint density at radius 2 is 1.60 bits per heavy atom. The number of amides is 1. The van der Waals surface area contributed by atoms with Gasteiger partial charge in [-0.05, 0) is 36.4 Å². The number of benzene rings is 2. The number of para-hydroxylation sites is 1. The van der Waals surface area contributed by atoms with Gasteiger partial charge in [0.25, 0.3) is 0 Å². The Labute approximate surface area is 145 Å². The number of rotatable bonds is 8. The highest BCUT2D eigenvalue weighted by Crippen LogP contribution is 2.11. The zero-order valence-corrected chi connectivity index (χ0v) is 13.9. The molecule has 0 saturated heterocycles. The first-order chi connectivity index (χ1) is 12.1. The van der Waals surface area contributed by atoms with E-state index in [-0.39, 0.29) is 24.9 Å². The molecule has 0 aromatic heterocycles. The highest BCUT2D eigenvalue weighted by atomic mass is 16.6. The molecule has 0 aliphatic rings. The summed E-state index contributed by atoms with van der Waals surface area (Å²) in [5, 5.41) is 2.69. The van der Waals surface area contributed by atoms with Crippen LogP contribution in [0.4, 0.5) is 5.69 Å². The monoisotopic (exact) mass is 341 g/mol. The van der Waals surface area contributed by atoms with Crippen molar-refractivity contribution in [3.05, 3.63) is 60.2 Å². The number of carbonyl (C=O) groups is 3. The highest BCUT2D eigenvalue weighted by Gasteiger charge is 2.11. The fourth-order valence-corrected chi connectivity index (χ4v) is 1.92. The van der Waals surface area contributed by atoms with Crippen molar-refractivity contribution >= 4 is 23.3 Å². The molecule has 130 valence electrons. The Kier molecular flexibility index (Phi) is 6.71. The highest BCUT2D eigenvalue weighted by molar-refractivity contribution is 5.98. The number of ether oxygens (including phenoxy) is 2. The van der Waals surface area contributed by atoms with Gasteiger partial charge in [-0.1, -0.05) is 25.1 Å². The van der Waals surface area contributed by atoms with Gasteiger partial charge in [-0.2, -0.15) is 0 Å². The van der Waals surface area contributed by atoms with E-state index in [9.17, 15) is 14.4 Å². The molecule has 0 saturated carbocycles. The van der Waals surface area contributed by atoms with Crippen molar-refractivity contribution in [1.29, 1.82) is 0 Å².